The average Bonchev–Trinajstić information content (AvgIpc) is 2.68. The molecule has 16 heavy (non-hydrogen) atoms. The third-order valence-corrected chi connectivity index (χ3v) is 2.36. The second-order valence-corrected chi connectivity index (χ2v) is 3.64. The molecule has 0 atom stereocenters. The monoisotopic (exact) mass is 221 g/mol. The summed E-state index contributed by atoms with van der Waals surface area (Å²) in [4.78, 5) is 6.26. The van der Waals surface area contributed by atoms with Gasteiger partial charge in [0.15, 0.2) is 5.58 Å². The van der Waals surface area contributed by atoms with Crippen molar-refractivity contribution >= 4 is 22.8 Å². The Bertz CT molecular complexity index is 481. The minimum atomic E-state index is 0.581. The first kappa shape index (κ1) is 10.8. The molecule has 1 aromatic heterocycles. The van der Waals surface area contributed by atoms with Crippen molar-refractivity contribution in [2.75, 3.05) is 37.9 Å². The van der Waals surface area contributed by atoms with E-state index in [2.05, 4.69) is 4.98 Å². The van der Waals surface area contributed by atoms with Gasteiger partial charge in [-0.1, -0.05) is 0 Å². The first-order valence-corrected chi connectivity index (χ1v) is 5.07. The minimum absolute atomic E-state index is 0.581. The van der Waals surface area contributed by atoms with Crippen molar-refractivity contribution in [2.45, 2.75) is 0 Å². The van der Waals surface area contributed by atoms with Crippen LogP contribution >= 0.6 is 0 Å². The first-order valence-electron chi connectivity index (χ1n) is 5.07. The van der Waals surface area contributed by atoms with E-state index in [0.717, 1.165) is 12.1 Å². The van der Waals surface area contributed by atoms with Gasteiger partial charge in [-0.15, -0.1) is 0 Å². The number of fused-ring (bicyclic) bond motifs is 1. The molecule has 0 aliphatic rings. The van der Waals surface area contributed by atoms with Crippen LogP contribution in [0.5, 0.6) is 0 Å². The fraction of sp³-hybridized carbons (Fsp3) is 0.364. The molecule has 0 aliphatic heterocycles. The van der Waals surface area contributed by atoms with Crippen molar-refractivity contribution in [1.29, 1.82) is 0 Å². The summed E-state index contributed by atoms with van der Waals surface area (Å²) in [6.07, 6.45) is 0. The number of methoxy groups -OCH3 is 1. The fourth-order valence-electron chi connectivity index (χ4n) is 1.42. The molecule has 0 radical (unpaired) electrons. The molecule has 2 rings (SSSR count). The standard InChI is InChI=1S/C11H15N3O2/c1-14(5-6-15-2)11-13-9-4-3-8(12)7-10(9)16-11/h3-4,7H,5-6,12H2,1-2H3. The number of ether oxygens (including phenoxy) is 1. The Hall–Kier alpha value is -1.75. The lowest BCUT2D eigenvalue weighted by molar-refractivity contribution is 0.205. The minimum Gasteiger partial charge on any atom is -0.423 e. The summed E-state index contributed by atoms with van der Waals surface area (Å²) in [5, 5.41) is 0. The van der Waals surface area contributed by atoms with Gasteiger partial charge in [0, 0.05) is 32.5 Å². The number of anilines is 2. The Balaban J connectivity index is 2.25. The van der Waals surface area contributed by atoms with E-state index in [1.165, 1.54) is 0 Å². The Morgan fingerprint density at radius 1 is 1.50 bits per heavy atom. The summed E-state index contributed by atoms with van der Waals surface area (Å²) in [7, 11) is 3.58. The lowest BCUT2D eigenvalue weighted by Gasteiger charge is -2.12. The van der Waals surface area contributed by atoms with Crippen molar-refractivity contribution < 1.29 is 9.15 Å². The average molecular weight is 221 g/mol. The van der Waals surface area contributed by atoms with Crippen molar-refractivity contribution in [3.05, 3.63) is 18.2 Å². The summed E-state index contributed by atoms with van der Waals surface area (Å²) >= 11 is 0. The predicted molar refractivity (Wildman–Crippen MR) is 63.6 cm³/mol. The summed E-state index contributed by atoms with van der Waals surface area (Å²) in [5.74, 6) is 0. The largest absolute Gasteiger partial charge is 0.423 e. The number of hydrogen-bond acceptors (Lipinski definition) is 5. The highest BCUT2D eigenvalue weighted by Gasteiger charge is 2.09. The van der Waals surface area contributed by atoms with E-state index in [1.807, 2.05) is 24.1 Å². The number of aromatic nitrogens is 1. The number of oxazole rings is 1. The van der Waals surface area contributed by atoms with Gasteiger partial charge in [-0.2, -0.15) is 4.98 Å². The molecule has 0 saturated carbocycles. The molecular weight excluding hydrogens is 206 g/mol. The highest BCUT2D eigenvalue weighted by molar-refractivity contribution is 5.78. The van der Waals surface area contributed by atoms with Crippen LogP contribution in [0.25, 0.3) is 11.1 Å². The third kappa shape index (κ3) is 2.09. The summed E-state index contributed by atoms with van der Waals surface area (Å²) in [6.45, 7) is 1.37. The maximum Gasteiger partial charge on any atom is 0.298 e. The maximum absolute atomic E-state index is 5.67. The second-order valence-electron chi connectivity index (χ2n) is 3.64. The zero-order chi connectivity index (χ0) is 11.5. The zero-order valence-corrected chi connectivity index (χ0v) is 9.43. The highest BCUT2D eigenvalue weighted by Crippen LogP contribution is 2.22. The van der Waals surface area contributed by atoms with Crippen molar-refractivity contribution in [3.63, 3.8) is 0 Å². The highest BCUT2D eigenvalue weighted by atomic mass is 16.5. The second kappa shape index (κ2) is 4.40. The van der Waals surface area contributed by atoms with Gasteiger partial charge in [-0.25, -0.2) is 0 Å². The number of benzene rings is 1. The number of rotatable bonds is 4. The van der Waals surface area contributed by atoms with Crippen LogP contribution in [-0.2, 0) is 4.74 Å². The lowest BCUT2D eigenvalue weighted by Crippen LogP contribution is -2.22. The van der Waals surface area contributed by atoms with E-state index in [1.54, 1.807) is 13.2 Å². The molecule has 2 N–H and O–H groups in total. The molecule has 0 amide bonds. The summed E-state index contributed by atoms with van der Waals surface area (Å²) in [6, 6.07) is 6.01. The lowest BCUT2D eigenvalue weighted by atomic mass is 10.3. The molecule has 2 aromatic rings. The number of likely N-dealkylation sites (N-methyl/N-ethyl adjacent to an activating group) is 1. The smallest absolute Gasteiger partial charge is 0.298 e. The topological polar surface area (TPSA) is 64.5 Å². The van der Waals surface area contributed by atoms with Gasteiger partial charge in [0.25, 0.3) is 6.01 Å². The fourth-order valence-corrected chi connectivity index (χ4v) is 1.42. The molecule has 0 aliphatic carbocycles. The van der Waals surface area contributed by atoms with E-state index in [4.69, 9.17) is 14.9 Å². The number of nitrogen functional groups attached to an aromatic ring is 1. The predicted octanol–water partition coefficient (Wildman–Crippen LogP) is 1.49. The molecule has 0 bridgehead atoms. The Kier molecular flexibility index (Phi) is 2.96. The van der Waals surface area contributed by atoms with E-state index < -0.39 is 0 Å². The van der Waals surface area contributed by atoms with Gasteiger partial charge in [-0.05, 0) is 12.1 Å². The molecule has 5 heteroatoms. The molecule has 5 nitrogen and oxygen atoms in total. The van der Waals surface area contributed by atoms with Gasteiger partial charge in [0.2, 0.25) is 0 Å². The van der Waals surface area contributed by atoms with Crippen LogP contribution in [-0.4, -0.2) is 32.3 Å². The molecule has 0 saturated heterocycles. The van der Waals surface area contributed by atoms with E-state index in [9.17, 15) is 0 Å². The van der Waals surface area contributed by atoms with Crippen molar-refractivity contribution in [1.82, 2.24) is 4.98 Å². The van der Waals surface area contributed by atoms with Crippen LogP contribution in [0.1, 0.15) is 0 Å². The third-order valence-electron chi connectivity index (χ3n) is 2.36. The SMILES string of the molecule is COCCN(C)c1nc2ccc(N)cc2o1. The molecule has 0 unspecified atom stereocenters. The maximum atomic E-state index is 5.67. The summed E-state index contributed by atoms with van der Waals surface area (Å²) < 4.78 is 10.6. The molecule has 1 heterocycles. The first-order chi connectivity index (χ1) is 7.70. The Morgan fingerprint density at radius 2 is 2.31 bits per heavy atom. The van der Waals surface area contributed by atoms with E-state index in [-0.39, 0.29) is 0 Å². The van der Waals surface area contributed by atoms with Gasteiger partial charge in [0.05, 0.1) is 6.61 Å². The van der Waals surface area contributed by atoms with Crippen LogP contribution in [0.15, 0.2) is 22.6 Å². The van der Waals surface area contributed by atoms with Gasteiger partial charge in [0.1, 0.15) is 5.52 Å². The molecule has 1 aromatic carbocycles. The summed E-state index contributed by atoms with van der Waals surface area (Å²) in [5.41, 5.74) is 7.86. The van der Waals surface area contributed by atoms with E-state index >= 15 is 0 Å². The van der Waals surface area contributed by atoms with Gasteiger partial charge in [-0.3, -0.25) is 0 Å². The van der Waals surface area contributed by atoms with E-state index in [0.29, 0.717) is 23.9 Å². The zero-order valence-electron chi connectivity index (χ0n) is 9.43. The van der Waals surface area contributed by atoms with Crippen LogP contribution in [0.3, 0.4) is 0 Å². The van der Waals surface area contributed by atoms with Gasteiger partial charge < -0.3 is 19.8 Å². The molecular formula is C11H15N3O2. The Labute approximate surface area is 93.8 Å². The van der Waals surface area contributed by atoms with Crippen molar-refractivity contribution in [3.8, 4) is 0 Å². The normalized spacial score (nSPS) is 10.9. The molecule has 0 spiro atoms. The number of nitrogens with two attached hydrogens (primary N) is 1. The van der Waals surface area contributed by atoms with Crippen molar-refractivity contribution in [2.24, 2.45) is 0 Å². The molecule has 0 fully saturated rings. The number of nitrogens with zero attached hydrogens (tertiary/aromatic N) is 2. The van der Waals surface area contributed by atoms with Crippen LogP contribution in [0, 0.1) is 0 Å². The number of hydrogen-bond donors (Lipinski definition) is 1. The van der Waals surface area contributed by atoms with Gasteiger partial charge >= 0.3 is 0 Å². The quantitative estimate of drug-likeness (QED) is 0.792. The van der Waals surface area contributed by atoms with Crippen LogP contribution in [0.2, 0.25) is 0 Å². The van der Waals surface area contributed by atoms with Crippen LogP contribution in [0.4, 0.5) is 11.7 Å². The Morgan fingerprint density at radius 3 is 3.06 bits per heavy atom. The van der Waals surface area contributed by atoms with Crippen LogP contribution < -0.4 is 10.6 Å². The molecule has 86 valence electrons.